The minimum absolute atomic E-state index is 0.0933. The van der Waals surface area contributed by atoms with Crippen LogP contribution in [0.25, 0.3) is 0 Å². The van der Waals surface area contributed by atoms with Gasteiger partial charge >= 0.3 is 0 Å². The number of Topliss-reactive ketones (excluding diaryl/α,β-unsaturated/α-hetero) is 1. The Bertz CT molecular complexity index is 362. The average molecular weight is 209 g/mol. The highest BCUT2D eigenvalue weighted by Gasteiger charge is 2.62. The Morgan fingerprint density at radius 2 is 2.71 bits per heavy atom. The maximum Gasteiger partial charge on any atom is 0.146 e. The van der Waals surface area contributed by atoms with Crippen molar-refractivity contribution in [2.45, 2.75) is 12.8 Å². The lowest BCUT2D eigenvalue weighted by Crippen LogP contribution is -2.21. The maximum absolute atomic E-state index is 12.0. The summed E-state index contributed by atoms with van der Waals surface area (Å²) in [5.41, 5.74) is -0.0933. The summed E-state index contributed by atoms with van der Waals surface area (Å²) < 4.78 is 9.31. The largest absolute Gasteiger partial charge is 0.380 e. The Hall–Kier alpha value is -0.740. The number of ether oxygens (including phenoxy) is 1. The molecule has 2 unspecified atom stereocenters. The lowest BCUT2D eigenvalue weighted by atomic mass is 9.97. The zero-order valence-corrected chi connectivity index (χ0v) is 8.55. The molecule has 0 bridgehead atoms. The van der Waals surface area contributed by atoms with E-state index >= 15 is 0 Å². The van der Waals surface area contributed by atoms with Crippen molar-refractivity contribution in [3.8, 4) is 0 Å². The van der Waals surface area contributed by atoms with Crippen molar-refractivity contribution in [1.82, 2.24) is 4.37 Å². The number of nitrogens with zero attached hydrogens (tertiary/aromatic N) is 1. The molecule has 1 aromatic rings. The van der Waals surface area contributed by atoms with Crippen molar-refractivity contribution < 1.29 is 9.53 Å². The molecule has 2 atom stereocenters. The molecule has 74 valence electrons. The summed E-state index contributed by atoms with van der Waals surface area (Å²) in [7, 11) is 0. The summed E-state index contributed by atoms with van der Waals surface area (Å²) >= 11 is 1.42. The van der Waals surface area contributed by atoms with Crippen LogP contribution in [0.2, 0.25) is 0 Å². The molecule has 1 aliphatic heterocycles. The maximum atomic E-state index is 12.0. The van der Waals surface area contributed by atoms with Gasteiger partial charge in [0, 0.05) is 17.5 Å². The average Bonchev–Trinajstić information content (AvgIpc) is 2.62. The zero-order chi connectivity index (χ0) is 9.60. The van der Waals surface area contributed by atoms with E-state index < -0.39 is 0 Å². The molecule has 2 aliphatic rings. The monoisotopic (exact) mass is 209 g/mol. The van der Waals surface area contributed by atoms with Gasteiger partial charge in [-0.2, -0.15) is 0 Å². The second-order valence-electron chi connectivity index (χ2n) is 4.15. The third-order valence-corrected chi connectivity index (χ3v) is 4.03. The van der Waals surface area contributed by atoms with E-state index in [-0.39, 0.29) is 5.41 Å². The van der Waals surface area contributed by atoms with Crippen LogP contribution in [-0.4, -0.2) is 23.4 Å². The molecular formula is C10H11NO2S. The number of rotatable bonds is 3. The second-order valence-corrected chi connectivity index (χ2v) is 5.07. The fourth-order valence-corrected chi connectivity index (χ4v) is 2.82. The fourth-order valence-electron chi connectivity index (χ4n) is 2.25. The van der Waals surface area contributed by atoms with Crippen molar-refractivity contribution >= 4 is 17.3 Å². The summed E-state index contributed by atoms with van der Waals surface area (Å²) in [6.45, 7) is 1.43. The van der Waals surface area contributed by atoms with Gasteiger partial charge < -0.3 is 4.74 Å². The molecule has 3 rings (SSSR count). The van der Waals surface area contributed by atoms with Crippen LogP contribution >= 0.6 is 11.5 Å². The van der Waals surface area contributed by atoms with E-state index in [9.17, 15) is 4.79 Å². The normalized spacial score (nSPS) is 34.1. The van der Waals surface area contributed by atoms with E-state index in [0.29, 0.717) is 24.7 Å². The number of fused-ring (bicyclic) bond motifs is 1. The first-order valence-corrected chi connectivity index (χ1v) is 5.59. The molecule has 1 saturated carbocycles. The number of hydrogen-bond donors (Lipinski definition) is 0. The number of carbonyl (C=O) groups is 1. The van der Waals surface area contributed by atoms with Crippen molar-refractivity contribution in [3.63, 3.8) is 0 Å². The highest BCUT2D eigenvalue weighted by atomic mass is 32.1. The van der Waals surface area contributed by atoms with Gasteiger partial charge in [0.15, 0.2) is 0 Å². The Morgan fingerprint density at radius 1 is 1.79 bits per heavy atom. The summed E-state index contributed by atoms with van der Waals surface area (Å²) in [6, 6.07) is 1.92. The molecule has 3 nitrogen and oxygen atoms in total. The molecule has 2 heterocycles. The molecule has 14 heavy (non-hydrogen) atoms. The molecular weight excluding hydrogens is 198 g/mol. The molecule has 0 aromatic carbocycles. The molecule has 0 N–H and O–H groups in total. The number of carbonyl (C=O) groups excluding carboxylic acids is 1. The van der Waals surface area contributed by atoms with Gasteiger partial charge in [0.1, 0.15) is 5.78 Å². The first kappa shape index (κ1) is 8.56. The van der Waals surface area contributed by atoms with Gasteiger partial charge in [-0.25, -0.2) is 4.37 Å². The van der Waals surface area contributed by atoms with Gasteiger partial charge in [0.25, 0.3) is 0 Å². The van der Waals surface area contributed by atoms with Crippen LogP contribution in [0, 0.1) is 11.3 Å². The van der Waals surface area contributed by atoms with Crippen LogP contribution in [0.4, 0.5) is 0 Å². The highest BCUT2D eigenvalue weighted by Crippen LogP contribution is 2.57. The Balaban J connectivity index is 1.72. The van der Waals surface area contributed by atoms with Gasteiger partial charge in [0.05, 0.1) is 18.6 Å². The molecule has 0 radical (unpaired) electrons. The lowest BCUT2D eigenvalue weighted by Gasteiger charge is -2.07. The van der Waals surface area contributed by atoms with Crippen molar-refractivity contribution in [2.75, 3.05) is 13.2 Å². The molecule has 1 saturated heterocycles. The van der Waals surface area contributed by atoms with Crippen LogP contribution in [0.15, 0.2) is 12.3 Å². The van der Waals surface area contributed by atoms with E-state index in [0.717, 1.165) is 17.9 Å². The van der Waals surface area contributed by atoms with Crippen LogP contribution in [0.3, 0.4) is 0 Å². The van der Waals surface area contributed by atoms with Crippen LogP contribution in [0.5, 0.6) is 0 Å². The quantitative estimate of drug-likeness (QED) is 0.753. The topological polar surface area (TPSA) is 39.2 Å². The number of hydrogen-bond acceptors (Lipinski definition) is 4. The summed E-state index contributed by atoms with van der Waals surface area (Å²) in [5.74, 6) is 0.868. The van der Waals surface area contributed by atoms with E-state index in [4.69, 9.17) is 4.74 Å². The minimum atomic E-state index is -0.0933. The lowest BCUT2D eigenvalue weighted by molar-refractivity contribution is -0.124. The predicted molar refractivity (Wildman–Crippen MR) is 52.2 cm³/mol. The second kappa shape index (κ2) is 2.87. The van der Waals surface area contributed by atoms with E-state index in [2.05, 4.69) is 4.37 Å². The van der Waals surface area contributed by atoms with Crippen LogP contribution < -0.4 is 0 Å². The summed E-state index contributed by atoms with van der Waals surface area (Å²) in [5, 5.41) is 0. The van der Waals surface area contributed by atoms with E-state index in [1.165, 1.54) is 11.5 Å². The van der Waals surface area contributed by atoms with Crippen molar-refractivity contribution in [1.29, 1.82) is 0 Å². The van der Waals surface area contributed by atoms with Crippen molar-refractivity contribution in [3.05, 3.63) is 17.1 Å². The fraction of sp³-hybridized carbons (Fsp3) is 0.600. The van der Waals surface area contributed by atoms with E-state index in [1.54, 1.807) is 6.20 Å². The SMILES string of the molecule is O=C(Cc1ccns1)C12COCC1C2. The van der Waals surface area contributed by atoms with Crippen LogP contribution in [0.1, 0.15) is 11.3 Å². The molecule has 4 heteroatoms. The van der Waals surface area contributed by atoms with Gasteiger partial charge in [-0.3, -0.25) is 4.79 Å². The Kier molecular flexibility index (Phi) is 1.76. The van der Waals surface area contributed by atoms with Gasteiger partial charge in [-0.05, 0) is 29.9 Å². The molecule has 2 fully saturated rings. The molecule has 0 amide bonds. The van der Waals surface area contributed by atoms with Gasteiger partial charge in [-0.1, -0.05) is 0 Å². The zero-order valence-electron chi connectivity index (χ0n) is 7.73. The Morgan fingerprint density at radius 3 is 3.29 bits per heavy atom. The van der Waals surface area contributed by atoms with Gasteiger partial charge in [-0.15, -0.1) is 0 Å². The minimum Gasteiger partial charge on any atom is -0.380 e. The summed E-state index contributed by atoms with van der Waals surface area (Å²) in [6.07, 6.45) is 3.34. The Labute approximate surface area is 86.3 Å². The van der Waals surface area contributed by atoms with Crippen LogP contribution in [-0.2, 0) is 16.0 Å². The third-order valence-electron chi connectivity index (χ3n) is 3.29. The number of aromatic nitrogens is 1. The molecule has 0 spiro atoms. The predicted octanol–water partition coefficient (Wildman–Crippen LogP) is 1.29. The first-order chi connectivity index (χ1) is 6.81. The molecule has 1 aromatic heterocycles. The summed E-state index contributed by atoms with van der Waals surface area (Å²) in [4.78, 5) is 13.0. The smallest absolute Gasteiger partial charge is 0.146 e. The van der Waals surface area contributed by atoms with Crippen molar-refractivity contribution in [2.24, 2.45) is 11.3 Å². The highest BCUT2D eigenvalue weighted by molar-refractivity contribution is 7.05. The van der Waals surface area contributed by atoms with E-state index in [1.807, 2.05) is 6.07 Å². The standard InChI is InChI=1S/C10H11NO2S/c12-9(3-8-1-2-11-14-8)10-4-7(10)5-13-6-10/h1-2,7H,3-6H2. The first-order valence-electron chi connectivity index (χ1n) is 4.82. The molecule has 1 aliphatic carbocycles. The third kappa shape index (κ3) is 1.14. The van der Waals surface area contributed by atoms with Gasteiger partial charge in [0.2, 0.25) is 0 Å². The number of ketones is 1.